The standard InChI is InChI=1S/C19H19BrN2O5S/c1-11-8-14-9-15(20)10-17(18(14)22(11)12(2)23)28(25,26)21-16-6-4-13(5-7-16)19(24)27-3/h4-7,9-11,21H,8H2,1-3H3/t11-/m1/s1. The van der Waals surface area contributed by atoms with Crippen molar-refractivity contribution in [3.63, 3.8) is 0 Å². The predicted molar refractivity (Wildman–Crippen MR) is 109 cm³/mol. The maximum Gasteiger partial charge on any atom is 0.337 e. The number of esters is 1. The normalized spacial score (nSPS) is 15.9. The van der Waals surface area contributed by atoms with E-state index >= 15 is 0 Å². The number of fused-ring (bicyclic) bond motifs is 1. The summed E-state index contributed by atoms with van der Waals surface area (Å²) in [6, 6.07) is 9.09. The Labute approximate surface area is 171 Å². The maximum atomic E-state index is 13.1. The van der Waals surface area contributed by atoms with Crippen molar-refractivity contribution in [1.29, 1.82) is 0 Å². The maximum absolute atomic E-state index is 13.1. The minimum atomic E-state index is -3.98. The Morgan fingerprint density at radius 3 is 2.43 bits per heavy atom. The number of rotatable bonds is 4. The quantitative estimate of drug-likeness (QED) is 0.697. The number of anilines is 2. The van der Waals surface area contributed by atoms with E-state index in [0.717, 1.165) is 5.56 Å². The molecule has 1 N–H and O–H groups in total. The lowest BCUT2D eigenvalue weighted by Gasteiger charge is -2.23. The van der Waals surface area contributed by atoms with Crippen LogP contribution >= 0.6 is 15.9 Å². The van der Waals surface area contributed by atoms with Crippen molar-refractivity contribution < 1.29 is 22.7 Å². The van der Waals surface area contributed by atoms with Crippen molar-refractivity contribution in [3.05, 3.63) is 52.0 Å². The monoisotopic (exact) mass is 466 g/mol. The molecule has 0 saturated heterocycles. The van der Waals surface area contributed by atoms with E-state index in [2.05, 4.69) is 25.4 Å². The van der Waals surface area contributed by atoms with Gasteiger partial charge in [-0.1, -0.05) is 15.9 Å². The van der Waals surface area contributed by atoms with Crippen LogP contribution in [0.25, 0.3) is 0 Å². The van der Waals surface area contributed by atoms with Gasteiger partial charge in [-0.3, -0.25) is 9.52 Å². The molecule has 2 aromatic rings. The van der Waals surface area contributed by atoms with Crippen LogP contribution in [0, 0.1) is 0 Å². The number of methoxy groups -OCH3 is 1. The number of ether oxygens (including phenoxy) is 1. The van der Waals surface area contributed by atoms with E-state index in [1.165, 1.54) is 49.3 Å². The van der Waals surface area contributed by atoms with Crippen molar-refractivity contribution in [1.82, 2.24) is 0 Å². The van der Waals surface area contributed by atoms with Gasteiger partial charge in [0.1, 0.15) is 4.90 Å². The summed E-state index contributed by atoms with van der Waals surface area (Å²) in [6.45, 7) is 3.30. The van der Waals surface area contributed by atoms with Gasteiger partial charge < -0.3 is 9.64 Å². The molecule has 0 bridgehead atoms. The predicted octanol–water partition coefficient (Wildman–Crippen LogP) is 3.33. The fourth-order valence-electron chi connectivity index (χ4n) is 3.36. The highest BCUT2D eigenvalue weighted by Crippen LogP contribution is 2.40. The van der Waals surface area contributed by atoms with Gasteiger partial charge in [0.2, 0.25) is 5.91 Å². The van der Waals surface area contributed by atoms with Gasteiger partial charge in [-0.2, -0.15) is 0 Å². The van der Waals surface area contributed by atoms with Gasteiger partial charge in [0.05, 0.1) is 18.4 Å². The molecule has 0 fully saturated rings. The Kier molecular flexibility index (Phi) is 5.49. The molecule has 7 nitrogen and oxygen atoms in total. The third-order valence-electron chi connectivity index (χ3n) is 4.50. The van der Waals surface area contributed by atoms with E-state index in [1.54, 1.807) is 0 Å². The van der Waals surface area contributed by atoms with Crippen LogP contribution in [0.3, 0.4) is 0 Å². The van der Waals surface area contributed by atoms with Gasteiger partial charge >= 0.3 is 5.97 Å². The number of halogens is 1. The Morgan fingerprint density at radius 1 is 1.21 bits per heavy atom. The molecule has 1 aliphatic heterocycles. The van der Waals surface area contributed by atoms with Crippen molar-refractivity contribution in [2.45, 2.75) is 31.2 Å². The van der Waals surface area contributed by atoms with E-state index in [9.17, 15) is 18.0 Å². The molecule has 0 radical (unpaired) electrons. The summed E-state index contributed by atoms with van der Waals surface area (Å²) in [7, 11) is -2.71. The second kappa shape index (κ2) is 7.56. The van der Waals surface area contributed by atoms with Crippen molar-refractivity contribution in [3.8, 4) is 0 Å². The molecule has 2 aromatic carbocycles. The fourth-order valence-corrected chi connectivity index (χ4v) is 5.34. The Hall–Kier alpha value is -2.39. The molecule has 0 aliphatic carbocycles. The SMILES string of the molecule is COC(=O)c1ccc(NS(=O)(=O)c2cc(Br)cc3c2N(C(C)=O)[C@H](C)C3)cc1. The van der Waals surface area contributed by atoms with E-state index in [0.29, 0.717) is 27.8 Å². The van der Waals surface area contributed by atoms with Crippen LogP contribution in [0.4, 0.5) is 11.4 Å². The van der Waals surface area contributed by atoms with Crippen LogP contribution in [0.5, 0.6) is 0 Å². The van der Waals surface area contributed by atoms with Crippen LogP contribution in [-0.2, 0) is 26.0 Å². The number of nitrogens with zero attached hydrogens (tertiary/aromatic N) is 1. The zero-order valence-corrected chi connectivity index (χ0v) is 17.9. The van der Waals surface area contributed by atoms with Crippen LogP contribution in [-0.4, -0.2) is 33.4 Å². The summed E-state index contributed by atoms with van der Waals surface area (Å²) >= 11 is 3.36. The summed E-state index contributed by atoms with van der Waals surface area (Å²) in [5.41, 5.74) is 1.80. The Bertz CT molecular complexity index is 1050. The lowest BCUT2D eigenvalue weighted by atomic mass is 10.1. The van der Waals surface area contributed by atoms with E-state index < -0.39 is 16.0 Å². The van der Waals surface area contributed by atoms with Gasteiger partial charge in [-0.25, -0.2) is 13.2 Å². The van der Waals surface area contributed by atoms with Gasteiger partial charge in [-0.05, 0) is 55.3 Å². The van der Waals surface area contributed by atoms with Gasteiger partial charge in [0, 0.05) is 23.1 Å². The molecule has 0 saturated carbocycles. The fraction of sp³-hybridized carbons (Fsp3) is 0.263. The van der Waals surface area contributed by atoms with Crippen molar-refractivity contribution in [2.24, 2.45) is 0 Å². The molecule has 9 heteroatoms. The first kappa shape index (κ1) is 20.3. The number of hydrogen-bond donors (Lipinski definition) is 1. The highest BCUT2D eigenvalue weighted by molar-refractivity contribution is 9.10. The average Bonchev–Trinajstić information content (AvgIpc) is 2.96. The van der Waals surface area contributed by atoms with Crippen molar-refractivity contribution >= 4 is 49.2 Å². The largest absolute Gasteiger partial charge is 0.465 e. The number of sulfonamides is 1. The highest BCUT2D eigenvalue weighted by Gasteiger charge is 2.35. The summed E-state index contributed by atoms with van der Waals surface area (Å²) in [4.78, 5) is 25.2. The zero-order chi connectivity index (χ0) is 20.6. The number of carbonyl (C=O) groups excluding carboxylic acids is 2. The smallest absolute Gasteiger partial charge is 0.337 e. The molecule has 0 aromatic heterocycles. The van der Waals surface area contributed by atoms with E-state index in [1.807, 2.05) is 13.0 Å². The summed E-state index contributed by atoms with van der Waals surface area (Å²) in [5.74, 6) is -0.724. The molecular weight excluding hydrogens is 448 g/mol. The Morgan fingerprint density at radius 2 is 1.86 bits per heavy atom. The molecule has 1 heterocycles. The summed E-state index contributed by atoms with van der Waals surface area (Å²) in [6.07, 6.45) is 0.574. The number of amides is 1. The molecule has 0 spiro atoms. The topological polar surface area (TPSA) is 92.8 Å². The second-order valence-electron chi connectivity index (χ2n) is 6.53. The molecule has 1 amide bonds. The lowest BCUT2D eigenvalue weighted by Crippen LogP contribution is -2.34. The molecule has 148 valence electrons. The molecular formula is C19H19BrN2O5S. The average molecular weight is 467 g/mol. The van der Waals surface area contributed by atoms with Gasteiger partial charge in [-0.15, -0.1) is 0 Å². The van der Waals surface area contributed by atoms with E-state index in [-0.39, 0.29) is 16.8 Å². The minimum absolute atomic E-state index is 0.0217. The van der Waals surface area contributed by atoms with Crippen LogP contribution in [0.15, 0.2) is 45.8 Å². The molecule has 28 heavy (non-hydrogen) atoms. The van der Waals surface area contributed by atoms with Crippen LogP contribution < -0.4 is 9.62 Å². The summed E-state index contributed by atoms with van der Waals surface area (Å²) in [5, 5.41) is 0. The Balaban J connectivity index is 2.01. The molecule has 0 unspecified atom stereocenters. The van der Waals surface area contributed by atoms with Gasteiger partial charge in [0.15, 0.2) is 0 Å². The lowest BCUT2D eigenvalue weighted by molar-refractivity contribution is -0.116. The summed E-state index contributed by atoms with van der Waals surface area (Å²) < 4.78 is 34.0. The second-order valence-corrected chi connectivity index (χ2v) is 9.09. The molecule has 1 atom stereocenters. The first-order valence-corrected chi connectivity index (χ1v) is 10.7. The minimum Gasteiger partial charge on any atom is -0.465 e. The third-order valence-corrected chi connectivity index (χ3v) is 6.36. The first-order valence-electron chi connectivity index (χ1n) is 8.47. The number of benzene rings is 2. The highest BCUT2D eigenvalue weighted by atomic mass is 79.9. The zero-order valence-electron chi connectivity index (χ0n) is 15.5. The number of carbonyl (C=O) groups is 2. The van der Waals surface area contributed by atoms with E-state index in [4.69, 9.17) is 0 Å². The third kappa shape index (κ3) is 3.77. The number of nitrogens with one attached hydrogen (secondary N) is 1. The molecule has 1 aliphatic rings. The van der Waals surface area contributed by atoms with Gasteiger partial charge in [0.25, 0.3) is 10.0 Å². The van der Waals surface area contributed by atoms with Crippen LogP contribution in [0.1, 0.15) is 29.8 Å². The molecule has 3 rings (SSSR count). The van der Waals surface area contributed by atoms with Crippen LogP contribution in [0.2, 0.25) is 0 Å². The van der Waals surface area contributed by atoms with Crippen molar-refractivity contribution in [2.75, 3.05) is 16.7 Å². The first-order chi connectivity index (χ1) is 13.1. The number of hydrogen-bond acceptors (Lipinski definition) is 5.